The third-order valence-electron chi connectivity index (χ3n) is 3.02. The highest BCUT2D eigenvalue weighted by Gasteiger charge is 2.36. The third kappa shape index (κ3) is 3.62. The predicted octanol–water partition coefficient (Wildman–Crippen LogP) is -1.41. The van der Waals surface area contributed by atoms with E-state index in [1.807, 2.05) is 0 Å². The largest absolute Gasteiger partial charge is 0.394 e. The van der Waals surface area contributed by atoms with Gasteiger partial charge in [0.15, 0.2) is 0 Å². The summed E-state index contributed by atoms with van der Waals surface area (Å²) in [4.78, 5) is 0. The predicted molar refractivity (Wildman–Crippen MR) is 68.2 cm³/mol. The van der Waals surface area contributed by atoms with E-state index >= 15 is 0 Å². The van der Waals surface area contributed by atoms with Gasteiger partial charge in [0.1, 0.15) is 0 Å². The Bertz CT molecular complexity index is 349. The normalized spacial score (nSPS) is 26.7. The first-order valence-electron chi connectivity index (χ1n) is 6.09. The maximum atomic E-state index is 12.3. The molecule has 0 aromatic carbocycles. The van der Waals surface area contributed by atoms with E-state index in [-0.39, 0.29) is 19.2 Å². The van der Waals surface area contributed by atoms with Gasteiger partial charge in [-0.25, -0.2) is 0 Å². The Morgan fingerprint density at radius 3 is 2.78 bits per heavy atom. The van der Waals surface area contributed by atoms with Crippen LogP contribution in [0.25, 0.3) is 0 Å². The van der Waals surface area contributed by atoms with Crippen LogP contribution in [0.5, 0.6) is 0 Å². The van der Waals surface area contributed by atoms with Gasteiger partial charge >= 0.3 is 0 Å². The summed E-state index contributed by atoms with van der Waals surface area (Å²) in [5.41, 5.74) is 5.38. The molecule has 1 saturated heterocycles. The summed E-state index contributed by atoms with van der Waals surface area (Å²) in [5.74, 6) is 0. The third-order valence-corrected chi connectivity index (χ3v) is 5.09. The highest BCUT2D eigenvalue weighted by Crippen LogP contribution is 2.18. The molecule has 1 aliphatic heterocycles. The lowest BCUT2D eigenvalue weighted by Crippen LogP contribution is -2.55. The first-order valence-corrected chi connectivity index (χ1v) is 7.48. The molecule has 2 atom stereocenters. The molecule has 3 N–H and O–H groups in total. The van der Waals surface area contributed by atoms with Crippen molar-refractivity contribution in [3.8, 4) is 0 Å². The monoisotopic (exact) mass is 281 g/mol. The molecule has 1 heterocycles. The fourth-order valence-corrected chi connectivity index (χ4v) is 3.42. The molecule has 108 valence electrons. The molecule has 1 aliphatic rings. The molecule has 18 heavy (non-hydrogen) atoms. The molecule has 8 heteroatoms. The molecule has 0 aromatic rings. The summed E-state index contributed by atoms with van der Waals surface area (Å²) in [7, 11) is -1.96. The van der Waals surface area contributed by atoms with Gasteiger partial charge in [0.2, 0.25) is 0 Å². The Morgan fingerprint density at radius 1 is 1.56 bits per heavy atom. The summed E-state index contributed by atoms with van der Waals surface area (Å²) in [6.45, 7) is 2.96. The van der Waals surface area contributed by atoms with Crippen molar-refractivity contribution in [3.05, 3.63) is 0 Å². The minimum atomic E-state index is -3.51. The van der Waals surface area contributed by atoms with Gasteiger partial charge in [-0.2, -0.15) is 17.0 Å². The average Bonchev–Trinajstić information content (AvgIpc) is 2.36. The summed E-state index contributed by atoms with van der Waals surface area (Å²) in [6.07, 6.45) is 0.177. The van der Waals surface area contributed by atoms with Crippen molar-refractivity contribution in [2.24, 2.45) is 5.73 Å². The smallest absolute Gasteiger partial charge is 0.282 e. The number of aliphatic hydroxyl groups is 1. The second-order valence-electron chi connectivity index (χ2n) is 4.53. The first kappa shape index (κ1) is 15.8. The van der Waals surface area contributed by atoms with Crippen LogP contribution in [0, 0.1) is 0 Å². The van der Waals surface area contributed by atoms with Gasteiger partial charge in [-0.1, -0.05) is 0 Å². The van der Waals surface area contributed by atoms with Gasteiger partial charge in [0.05, 0.1) is 19.3 Å². The minimum absolute atomic E-state index is 0.175. The maximum Gasteiger partial charge on any atom is 0.282 e. The minimum Gasteiger partial charge on any atom is -0.394 e. The number of aliphatic hydroxyl groups excluding tert-OH is 1. The number of ether oxygens (including phenoxy) is 1. The number of nitrogens with two attached hydrogens (primary N) is 1. The van der Waals surface area contributed by atoms with E-state index in [4.69, 9.17) is 15.6 Å². The molecule has 0 radical (unpaired) electrons. The van der Waals surface area contributed by atoms with Crippen LogP contribution >= 0.6 is 0 Å². The molecule has 0 aliphatic carbocycles. The lowest BCUT2D eigenvalue weighted by Gasteiger charge is -2.38. The lowest BCUT2D eigenvalue weighted by atomic mass is 10.2. The second kappa shape index (κ2) is 6.78. The molecular weight excluding hydrogens is 258 g/mol. The molecule has 0 amide bonds. The van der Waals surface area contributed by atoms with E-state index in [1.165, 1.54) is 8.61 Å². The van der Waals surface area contributed by atoms with Gasteiger partial charge in [-0.15, -0.1) is 0 Å². The Balaban J connectivity index is 2.75. The van der Waals surface area contributed by atoms with Gasteiger partial charge in [-0.3, -0.25) is 0 Å². The number of hydrogen-bond acceptors (Lipinski definition) is 5. The van der Waals surface area contributed by atoms with E-state index in [0.717, 1.165) is 0 Å². The maximum absolute atomic E-state index is 12.3. The highest BCUT2D eigenvalue weighted by molar-refractivity contribution is 7.86. The molecule has 0 spiro atoms. The van der Waals surface area contributed by atoms with Crippen LogP contribution in [0.3, 0.4) is 0 Å². The van der Waals surface area contributed by atoms with Crippen LogP contribution in [-0.2, 0) is 14.9 Å². The van der Waals surface area contributed by atoms with Crippen molar-refractivity contribution in [2.75, 3.05) is 39.9 Å². The van der Waals surface area contributed by atoms with E-state index in [0.29, 0.717) is 26.1 Å². The van der Waals surface area contributed by atoms with Crippen LogP contribution in [0.4, 0.5) is 0 Å². The summed E-state index contributed by atoms with van der Waals surface area (Å²) in [5, 5.41) is 9.06. The van der Waals surface area contributed by atoms with Gasteiger partial charge in [0.25, 0.3) is 10.2 Å². The molecule has 0 bridgehead atoms. The summed E-state index contributed by atoms with van der Waals surface area (Å²) < 4.78 is 32.7. The number of rotatable bonds is 6. The zero-order chi connectivity index (χ0) is 13.8. The molecule has 2 unspecified atom stereocenters. The van der Waals surface area contributed by atoms with Crippen molar-refractivity contribution < 1.29 is 18.3 Å². The topological polar surface area (TPSA) is 96.1 Å². The molecule has 0 saturated carbocycles. The Hall–Kier alpha value is -0.250. The van der Waals surface area contributed by atoms with Crippen molar-refractivity contribution >= 4 is 10.2 Å². The summed E-state index contributed by atoms with van der Waals surface area (Å²) >= 11 is 0. The molecule has 0 aromatic heterocycles. The Labute approximate surface area is 109 Å². The van der Waals surface area contributed by atoms with Crippen LogP contribution < -0.4 is 5.73 Å². The van der Waals surface area contributed by atoms with Gasteiger partial charge < -0.3 is 15.6 Å². The lowest BCUT2D eigenvalue weighted by molar-refractivity contribution is -0.0529. The highest BCUT2D eigenvalue weighted by atomic mass is 32.2. The number of hydrogen-bond donors (Lipinski definition) is 2. The van der Waals surface area contributed by atoms with Gasteiger partial charge in [0, 0.05) is 26.2 Å². The van der Waals surface area contributed by atoms with E-state index in [1.54, 1.807) is 14.0 Å². The average molecular weight is 281 g/mol. The van der Waals surface area contributed by atoms with Crippen molar-refractivity contribution in [1.82, 2.24) is 8.61 Å². The van der Waals surface area contributed by atoms with Crippen molar-refractivity contribution in [2.45, 2.75) is 25.5 Å². The standard InChI is InChI=1S/C10H23N3O4S/c1-9-8-17-10(7-14)6-13(9)18(15,16)12(2)5-3-4-11/h9-10,14H,3-8,11H2,1-2H3. The Kier molecular flexibility index (Phi) is 5.96. The number of morpholine rings is 1. The quantitative estimate of drug-likeness (QED) is 0.624. The van der Waals surface area contributed by atoms with E-state index in [9.17, 15) is 8.42 Å². The molecule has 7 nitrogen and oxygen atoms in total. The zero-order valence-corrected chi connectivity index (χ0v) is 11.8. The van der Waals surface area contributed by atoms with Crippen LogP contribution in [0.2, 0.25) is 0 Å². The van der Waals surface area contributed by atoms with Crippen molar-refractivity contribution in [3.63, 3.8) is 0 Å². The second-order valence-corrected chi connectivity index (χ2v) is 6.52. The van der Waals surface area contributed by atoms with Gasteiger partial charge in [-0.05, 0) is 19.9 Å². The van der Waals surface area contributed by atoms with E-state index in [2.05, 4.69) is 0 Å². The molecule has 1 rings (SSSR count). The van der Waals surface area contributed by atoms with Crippen LogP contribution in [0.1, 0.15) is 13.3 Å². The van der Waals surface area contributed by atoms with Crippen LogP contribution in [-0.4, -0.2) is 74.2 Å². The summed E-state index contributed by atoms with van der Waals surface area (Å²) in [6, 6.07) is -0.224. The SMILES string of the molecule is CC1COC(CO)CN1S(=O)(=O)N(C)CCCN. The fraction of sp³-hybridized carbons (Fsp3) is 1.00. The Morgan fingerprint density at radius 2 is 2.22 bits per heavy atom. The van der Waals surface area contributed by atoms with Crippen LogP contribution in [0.15, 0.2) is 0 Å². The zero-order valence-electron chi connectivity index (χ0n) is 10.9. The fourth-order valence-electron chi connectivity index (χ4n) is 1.83. The molecule has 1 fully saturated rings. The van der Waals surface area contributed by atoms with E-state index < -0.39 is 16.3 Å². The van der Waals surface area contributed by atoms with Crippen molar-refractivity contribution in [1.29, 1.82) is 0 Å². The first-order chi connectivity index (χ1) is 8.43. The molecular formula is C10H23N3O4S. The number of nitrogens with zero attached hydrogens (tertiary/aromatic N) is 2.